The van der Waals surface area contributed by atoms with Crippen LogP contribution in [0.2, 0.25) is 0 Å². The largest absolute Gasteiger partial charge is 0.394 e. The molecule has 5 nitrogen and oxygen atoms in total. The van der Waals surface area contributed by atoms with Gasteiger partial charge in [-0.1, -0.05) is 18.2 Å². The number of aliphatic imine (C=N–C) groups is 1. The van der Waals surface area contributed by atoms with Gasteiger partial charge in [-0.3, -0.25) is 0 Å². The Kier molecular flexibility index (Phi) is 4.28. The Morgan fingerprint density at radius 1 is 1.31 bits per heavy atom. The van der Waals surface area contributed by atoms with Gasteiger partial charge in [0.1, 0.15) is 5.54 Å². The van der Waals surface area contributed by atoms with E-state index >= 15 is 0 Å². The van der Waals surface area contributed by atoms with Gasteiger partial charge in [0.05, 0.1) is 13.2 Å². The SMILES string of the molecule is CC(CO)(CO)N=C(N)Nc1ccccc1. The number of nitrogens with two attached hydrogens (primary N) is 1. The molecule has 0 aliphatic rings. The molecule has 0 aliphatic carbocycles. The summed E-state index contributed by atoms with van der Waals surface area (Å²) in [7, 11) is 0. The van der Waals surface area contributed by atoms with Crippen molar-refractivity contribution in [2.45, 2.75) is 12.5 Å². The number of benzene rings is 1. The van der Waals surface area contributed by atoms with Crippen LogP contribution in [0.3, 0.4) is 0 Å². The molecule has 16 heavy (non-hydrogen) atoms. The van der Waals surface area contributed by atoms with Gasteiger partial charge in [0.25, 0.3) is 0 Å². The summed E-state index contributed by atoms with van der Waals surface area (Å²) in [5.74, 6) is 0.164. The van der Waals surface area contributed by atoms with E-state index in [0.29, 0.717) is 0 Å². The molecule has 0 amide bonds. The monoisotopic (exact) mass is 223 g/mol. The highest BCUT2D eigenvalue weighted by atomic mass is 16.3. The Bertz CT molecular complexity index is 348. The van der Waals surface area contributed by atoms with Crippen molar-refractivity contribution < 1.29 is 10.2 Å². The molecule has 1 aromatic carbocycles. The highest BCUT2D eigenvalue weighted by Crippen LogP contribution is 2.09. The number of para-hydroxylation sites is 1. The molecular weight excluding hydrogens is 206 g/mol. The zero-order valence-electron chi connectivity index (χ0n) is 9.22. The minimum absolute atomic E-state index is 0.164. The maximum atomic E-state index is 9.05. The van der Waals surface area contributed by atoms with Crippen LogP contribution in [0.4, 0.5) is 5.69 Å². The van der Waals surface area contributed by atoms with Gasteiger partial charge in [0, 0.05) is 5.69 Å². The first kappa shape index (κ1) is 12.5. The number of nitrogens with one attached hydrogen (secondary N) is 1. The van der Waals surface area contributed by atoms with E-state index in [1.165, 1.54) is 0 Å². The van der Waals surface area contributed by atoms with E-state index in [1.54, 1.807) is 6.92 Å². The Hall–Kier alpha value is -1.59. The van der Waals surface area contributed by atoms with Crippen LogP contribution in [0.1, 0.15) is 6.92 Å². The fourth-order valence-electron chi connectivity index (χ4n) is 1.11. The van der Waals surface area contributed by atoms with Gasteiger partial charge in [0.2, 0.25) is 0 Å². The van der Waals surface area contributed by atoms with E-state index < -0.39 is 5.54 Å². The van der Waals surface area contributed by atoms with Crippen LogP contribution in [0.15, 0.2) is 35.3 Å². The molecule has 0 spiro atoms. The lowest BCUT2D eigenvalue weighted by Gasteiger charge is -2.20. The maximum absolute atomic E-state index is 9.05. The van der Waals surface area contributed by atoms with Crippen molar-refractivity contribution in [1.82, 2.24) is 0 Å². The predicted molar refractivity (Wildman–Crippen MR) is 64.3 cm³/mol. The number of rotatable bonds is 4. The Morgan fingerprint density at radius 3 is 2.38 bits per heavy atom. The average Bonchev–Trinajstić information content (AvgIpc) is 2.30. The summed E-state index contributed by atoms with van der Waals surface area (Å²) < 4.78 is 0. The molecule has 1 aromatic rings. The summed E-state index contributed by atoms with van der Waals surface area (Å²) in [6.07, 6.45) is 0. The lowest BCUT2D eigenvalue weighted by Crippen LogP contribution is -2.36. The molecule has 0 unspecified atom stereocenters. The Labute approximate surface area is 94.6 Å². The number of nitrogens with zero attached hydrogens (tertiary/aromatic N) is 1. The normalized spacial score (nSPS) is 12.6. The van der Waals surface area contributed by atoms with Crippen molar-refractivity contribution in [3.05, 3.63) is 30.3 Å². The highest BCUT2D eigenvalue weighted by Gasteiger charge is 2.21. The number of hydrogen-bond acceptors (Lipinski definition) is 3. The quantitative estimate of drug-likeness (QED) is 0.432. The lowest BCUT2D eigenvalue weighted by atomic mass is 10.1. The van der Waals surface area contributed by atoms with Gasteiger partial charge >= 0.3 is 0 Å². The first-order valence-corrected chi connectivity index (χ1v) is 4.99. The molecule has 0 saturated heterocycles. The van der Waals surface area contributed by atoms with Crippen molar-refractivity contribution in [1.29, 1.82) is 0 Å². The summed E-state index contributed by atoms with van der Waals surface area (Å²) in [4.78, 5) is 4.02. The molecule has 0 radical (unpaired) electrons. The van der Waals surface area contributed by atoms with Gasteiger partial charge in [-0.25, -0.2) is 4.99 Å². The lowest BCUT2D eigenvalue weighted by molar-refractivity contribution is 0.135. The van der Waals surface area contributed by atoms with Gasteiger partial charge < -0.3 is 21.3 Å². The first-order valence-electron chi connectivity index (χ1n) is 4.99. The average molecular weight is 223 g/mol. The molecule has 1 rings (SSSR count). The Morgan fingerprint density at radius 2 is 1.88 bits per heavy atom. The zero-order chi connectivity index (χ0) is 12.0. The highest BCUT2D eigenvalue weighted by molar-refractivity contribution is 5.92. The summed E-state index contributed by atoms with van der Waals surface area (Å²) >= 11 is 0. The van der Waals surface area contributed by atoms with Crippen LogP contribution in [0, 0.1) is 0 Å². The molecule has 88 valence electrons. The summed E-state index contributed by atoms with van der Waals surface area (Å²) in [5, 5.41) is 21.0. The van der Waals surface area contributed by atoms with Gasteiger partial charge in [-0.2, -0.15) is 0 Å². The minimum atomic E-state index is -0.953. The second-order valence-electron chi connectivity index (χ2n) is 3.80. The molecule has 0 aromatic heterocycles. The molecule has 5 heteroatoms. The summed E-state index contributed by atoms with van der Waals surface area (Å²) in [5.41, 5.74) is 5.51. The van der Waals surface area contributed by atoms with Gasteiger partial charge in [0.15, 0.2) is 5.96 Å². The second kappa shape index (κ2) is 5.48. The van der Waals surface area contributed by atoms with Crippen molar-refractivity contribution in [3.8, 4) is 0 Å². The van der Waals surface area contributed by atoms with Crippen molar-refractivity contribution in [2.24, 2.45) is 10.7 Å². The van der Waals surface area contributed by atoms with E-state index in [2.05, 4.69) is 10.3 Å². The van der Waals surface area contributed by atoms with Crippen LogP contribution in [0.5, 0.6) is 0 Å². The number of aliphatic hydroxyl groups excluding tert-OH is 2. The molecule has 0 aliphatic heterocycles. The smallest absolute Gasteiger partial charge is 0.193 e. The van der Waals surface area contributed by atoms with Crippen LogP contribution < -0.4 is 11.1 Å². The topological polar surface area (TPSA) is 90.9 Å². The fraction of sp³-hybridized carbons (Fsp3) is 0.364. The zero-order valence-corrected chi connectivity index (χ0v) is 9.22. The number of hydrogen-bond donors (Lipinski definition) is 4. The van der Waals surface area contributed by atoms with E-state index in [1.807, 2.05) is 30.3 Å². The molecular formula is C11H17N3O2. The van der Waals surface area contributed by atoms with E-state index in [-0.39, 0.29) is 19.2 Å². The van der Waals surface area contributed by atoms with E-state index in [0.717, 1.165) is 5.69 Å². The molecule has 0 heterocycles. The molecule has 0 atom stereocenters. The standard InChI is InChI=1S/C11H17N3O2/c1-11(7-15,8-16)14-10(12)13-9-5-3-2-4-6-9/h2-6,15-16H,7-8H2,1H3,(H3,12,13,14). The second-order valence-corrected chi connectivity index (χ2v) is 3.80. The van der Waals surface area contributed by atoms with Crippen LogP contribution >= 0.6 is 0 Å². The van der Waals surface area contributed by atoms with E-state index in [9.17, 15) is 0 Å². The van der Waals surface area contributed by atoms with Gasteiger partial charge in [-0.05, 0) is 19.1 Å². The maximum Gasteiger partial charge on any atom is 0.193 e. The Balaban J connectivity index is 2.72. The summed E-state index contributed by atoms with van der Waals surface area (Å²) in [6.45, 7) is 1.09. The molecule has 0 fully saturated rings. The number of guanidine groups is 1. The minimum Gasteiger partial charge on any atom is -0.394 e. The van der Waals surface area contributed by atoms with Gasteiger partial charge in [-0.15, -0.1) is 0 Å². The van der Waals surface area contributed by atoms with Crippen LogP contribution in [-0.2, 0) is 0 Å². The fourth-order valence-corrected chi connectivity index (χ4v) is 1.11. The molecule has 5 N–H and O–H groups in total. The van der Waals surface area contributed by atoms with Crippen molar-refractivity contribution >= 4 is 11.6 Å². The van der Waals surface area contributed by atoms with Crippen molar-refractivity contribution in [2.75, 3.05) is 18.5 Å². The third-order valence-electron chi connectivity index (χ3n) is 2.12. The predicted octanol–water partition coefficient (Wildman–Crippen LogP) is 0.156. The molecule has 0 saturated carbocycles. The molecule has 0 bridgehead atoms. The first-order chi connectivity index (χ1) is 7.59. The summed E-state index contributed by atoms with van der Waals surface area (Å²) in [6, 6.07) is 9.32. The van der Waals surface area contributed by atoms with E-state index in [4.69, 9.17) is 15.9 Å². The number of anilines is 1. The van der Waals surface area contributed by atoms with Crippen LogP contribution in [0.25, 0.3) is 0 Å². The number of aliphatic hydroxyl groups is 2. The van der Waals surface area contributed by atoms with Crippen molar-refractivity contribution in [3.63, 3.8) is 0 Å². The third kappa shape index (κ3) is 3.52. The van der Waals surface area contributed by atoms with Crippen LogP contribution in [-0.4, -0.2) is 34.9 Å². The third-order valence-corrected chi connectivity index (χ3v) is 2.12.